The van der Waals surface area contributed by atoms with E-state index in [9.17, 15) is 10.1 Å². The fourth-order valence-corrected chi connectivity index (χ4v) is 2.40. The first-order valence-electron chi connectivity index (χ1n) is 6.01. The smallest absolute Gasteiger partial charge is 0.410 e. The van der Waals surface area contributed by atoms with E-state index < -0.39 is 11.1 Å². The Hall–Kier alpha value is -1.28. The van der Waals surface area contributed by atoms with Gasteiger partial charge < -0.3 is 9.64 Å². The fraction of sp³-hybridized carbons (Fsp3) is 0.833. The van der Waals surface area contributed by atoms with Crippen molar-refractivity contribution in [3.8, 4) is 6.07 Å². The van der Waals surface area contributed by atoms with Gasteiger partial charge in [-0.25, -0.2) is 4.79 Å². The van der Waals surface area contributed by atoms with Crippen molar-refractivity contribution >= 4 is 6.09 Å². The molecule has 0 aliphatic carbocycles. The summed E-state index contributed by atoms with van der Waals surface area (Å²) in [6.07, 6.45) is 1.39. The molecule has 0 radical (unpaired) electrons. The second kappa shape index (κ2) is 3.88. The van der Waals surface area contributed by atoms with Gasteiger partial charge in [0.1, 0.15) is 11.1 Å². The second-order valence-electron chi connectivity index (χ2n) is 5.88. The van der Waals surface area contributed by atoms with Crippen molar-refractivity contribution in [3.05, 3.63) is 0 Å². The van der Waals surface area contributed by atoms with Crippen LogP contribution in [0.25, 0.3) is 0 Å². The molecule has 94 valence electrons. The summed E-state index contributed by atoms with van der Waals surface area (Å²) >= 11 is 0. The van der Waals surface area contributed by atoms with E-state index in [0.29, 0.717) is 13.1 Å². The lowest BCUT2D eigenvalue weighted by molar-refractivity contribution is -0.0130. The zero-order valence-electron chi connectivity index (χ0n) is 10.6. The van der Waals surface area contributed by atoms with Crippen LogP contribution < -0.4 is 5.32 Å². The summed E-state index contributed by atoms with van der Waals surface area (Å²) in [5.41, 5.74) is -1.05. The molecule has 5 heteroatoms. The molecule has 0 aromatic carbocycles. The van der Waals surface area contributed by atoms with E-state index in [1.807, 2.05) is 20.8 Å². The first-order chi connectivity index (χ1) is 7.85. The molecule has 3 heterocycles. The van der Waals surface area contributed by atoms with E-state index in [1.165, 1.54) is 0 Å². The van der Waals surface area contributed by atoms with Crippen molar-refractivity contribution in [1.29, 1.82) is 5.26 Å². The van der Waals surface area contributed by atoms with Gasteiger partial charge in [-0.3, -0.25) is 5.32 Å². The molecule has 0 saturated carbocycles. The van der Waals surface area contributed by atoms with Gasteiger partial charge in [-0.1, -0.05) is 0 Å². The molecule has 0 aromatic rings. The lowest BCUT2D eigenvalue weighted by atomic mass is 9.82. The maximum absolute atomic E-state index is 12.0. The average molecular weight is 237 g/mol. The van der Waals surface area contributed by atoms with Crippen LogP contribution in [0, 0.1) is 11.3 Å². The normalized spacial score (nSPS) is 32.1. The van der Waals surface area contributed by atoms with Gasteiger partial charge in [-0.15, -0.1) is 0 Å². The predicted molar refractivity (Wildman–Crippen MR) is 62.3 cm³/mol. The Balaban J connectivity index is 2.08. The SMILES string of the molecule is CC(C)(C)OC(=O)N1CC2(C#N)CCC1CN2. The number of nitrogens with one attached hydrogen (secondary N) is 1. The largest absolute Gasteiger partial charge is 0.444 e. The molecule has 2 bridgehead atoms. The molecule has 5 nitrogen and oxygen atoms in total. The molecule has 3 rings (SSSR count). The fourth-order valence-electron chi connectivity index (χ4n) is 2.40. The molecule has 1 N–H and O–H groups in total. The summed E-state index contributed by atoms with van der Waals surface area (Å²) in [5, 5.41) is 12.4. The first-order valence-corrected chi connectivity index (χ1v) is 6.01. The Labute approximate surface area is 102 Å². The number of fused-ring (bicyclic) bond motifs is 3. The lowest BCUT2D eigenvalue weighted by Crippen LogP contribution is -2.69. The van der Waals surface area contributed by atoms with Crippen LogP contribution in [0.1, 0.15) is 33.6 Å². The number of carbonyl (C=O) groups is 1. The van der Waals surface area contributed by atoms with Gasteiger partial charge in [0, 0.05) is 12.6 Å². The molecule has 1 amide bonds. The van der Waals surface area contributed by atoms with Crippen LogP contribution in [0.3, 0.4) is 0 Å². The number of rotatable bonds is 0. The van der Waals surface area contributed by atoms with Crippen molar-refractivity contribution in [2.75, 3.05) is 13.1 Å². The molecular formula is C12H19N3O2. The molecule has 3 aliphatic heterocycles. The topological polar surface area (TPSA) is 65.4 Å². The third-order valence-corrected chi connectivity index (χ3v) is 3.30. The van der Waals surface area contributed by atoms with Crippen LogP contribution in [0.2, 0.25) is 0 Å². The van der Waals surface area contributed by atoms with E-state index in [2.05, 4.69) is 11.4 Å². The number of hydrogen-bond acceptors (Lipinski definition) is 4. The molecule has 0 spiro atoms. The van der Waals surface area contributed by atoms with Gasteiger partial charge in [-0.05, 0) is 33.6 Å². The number of ether oxygens (including phenoxy) is 1. The van der Waals surface area contributed by atoms with Gasteiger partial charge in [0.15, 0.2) is 0 Å². The highest BCUT2D eigenvalue weighted by Gasteiger charge is 2.47. The summed E-state index contributed by atoms with van der Waals surface area (Å²) < 4.78 is 5.37. The van der Waals surface area contributed by atoms with Crippen LogP contribution in [0.5, 0.6) is 0 Å². The monoisotopic (exact) mass is 237 g/mol. The maximum atomic E-state index is 12.0. The summed E-state index contributed by atoms with van der Waals surface area (Å²) in [5.74, 6) is 0. The Kier molecular flexibility index (Phi) is 2.78. The molecular weight excluding hydrogens is 218 g/mol. The van der Waals surface area contributed by atoms with Crippen molar-refractivity contribution in [2.24, 2.45) is 0 Å². The zero-order valence-corrected chi connectivity index (χ0v) is 10.6. The molecule has 17 heavy (non-hydrogen) atoms. The van der Waals surface area contributed by atoms with E-state index in [1.54, 1.807) is 4.90 Å². The standard InChI is InChI=1S/C12H19N3O2/c1-11(2,3)17-10(16)15-8-12(7-13)5-4-9(15)6-14-12/h9,14H,4-6,8H2,1-3H3. The van der Waals surface area contributed by atoms with Gasteiger partial charge in [-0.2, -0.15) is 5.26 Å². The lowest BCUT2D eigenvalue weighted by Gasteiger charge is -2.49. The van der Waals surface area contributed by atoms with Gasteiger partial charge in [0.05, 0.1) is 12.6 Å². The van der Waals surface area contributed by atoms with Gasteiger partial charge in [0.2, 0.25) is 0 Å². The van der Waals surface area contributed by atoms with Crippen molar-refractivity contribution in [2.45, 2.75) is 50.8 Å². The minimum absolute atomic E-state index is 0.167. The Morgan fingerprint density at radius 1 is 1.59 bits per heavy atom. The highest BCUT2D eigenvalue weighted by molar-refractivity contribution is 5.69. The average Bonchev–Trinajstić information content (AvgIpc) is 2.28. The molecule has 3 aliphatic rings. The molecule has 2 unspecified atom stereocenters. The Bertz CT molecular complexity index is 359. The van der Waals surface area contributed by atoms with Gasteiger partial charge in [0.25, 0.3) is 0 Å². The number of piperidine rings is 2. The minimum atomic E-state index is -0.564. The number of nitrogens with zero attached hydrogens (tertiary/aromatic N) is 2. The van der Waals surface area contributed by atoms with Gasteiger partial charge >= 0.3 is 6.09 Å². The number of amides is 1. The number of nitriles is 1. The van der Waals surface area contributed by atoms with Crippen molar-refractivity contribution in [3.63, 3.8) is 0 Å². The van der Waals surface area contributed by atoms with Crippen LogP contribution in [0.4, 0.5) is 4.79 Å². The van der Waals surface area contributed by atoms with Crippen LogP contribution >= 0.6 is 0 Å². The predicted octanol–water partition coefficient (Wildman–Crippen LogP) is 1.25. The van der Waals surface area contributed by atoms with E-state index >= 15 is 0 Å². The maximum Gasteiger partial charge on any atom is 0.410 e. The Morgan fingerprint density at radius 3 is 2.76 bits per heavy atom. The third-order valence-electron chi connectivity index (χ3n) is 3.30. The molecule has 2 atom stereocenters. The number of carbonyl (C=O) groups excluding carboxylic acids is 1. The number of hydrogen-bond donors (Lipinski definition) is 1. The van der Waals surface area contributed by atoms with E-state index in [0.717, 1.165) is 12.8 Å². The number of piperazine rings is 1. The van der Waals surface area contributed by atoms with E-state index in [-0.39, 0.29) is 12.1 Å². The van der Waals surface area contributed by atoms with Crippen molar-refractivity contribution in [1.82, 2.24) is 10.2 Å². The summed E-state index contributed by atoms with van der Waals surface area (Å²) in [7, 11) is 0. The summed E-state index contributed by atoms with van der Waals surface area (Å²) in [6.45, 7) is 6.68. The second-order valence-corrected chi connectivity index (χ2v) is 5.88. The zero-order chi connectivity index (χ0) is 12.7. The highest BCUT2D eigenvalue weighted by Crippen LogP contribution is 2.31. The van der Waals surface area contributed by atoms with Crippen LogP contribution in [0.15, 0.2) is 0 Å². The molecule has 0 aromatic heterocycles. The van der Waals surface area contributed by atoms with Crippen LogP contribution in [-0.2, 0) is 4.74 Å². The quantitative estimate of drug-likeness (QED) is 0.688. The molecule has 3 saturated heterocycles. The highest BCUT2D eigenvalue weighted by atomic mass is 16.6. The van der Waals surface area contributed by atoms with Crippen molar-refractivity contribution < 1.29 is 9.53 Å². The van der Waals surface area contributed by atoms with E-state index in [4.69, 9.17) is 4.74 Å². The summed E-state index contributed by atoms with van der Waals surface area (Å²) in [6, 6.07) is 2.46. The molecule has 3 fully saturated rings. The Morgan fingerprint density at radius 2 is 2.29 bits per heavy atom. The third kappa shape index (κ3) is 2.37. The van der Waals surface area contributed by atoms with Crippen LogP contribution in [-0.4, -0.2) is 41.3 Å². The summed E-state index contributed by atoms with van der Waals surface area (Å²) in [4.78, 5) is 13.7. The first kappa shape index (κ1) is 12.2. The minimum Gasteiger partial charge on any atom is -0.444 e.